The summed E-state index contributed by atoms with van der Waals surface area (Å²) in [5, 5.41) is 0. The minimum atomic E-state index is -0.0148. The SMILES string of the molecule is Cc1cc(C)c(B2c3cc(N(c4ccccc4)c4ccccc4)cc4c3N3c5c(cccc5Sc5cc(N(c6ccccc6)c6ccccc6)cc2c53)S4)c(C)c1. The zero-order chi connectivity index (χ0) is 38.2. The van der Waals surface area contributed by atoms with Crippen LogP contribution in [0.5, 0.6) is 0 Å². The molecule has 3 aliphatic rings. The van der Waals surface area contributed by atoms with E-state index in [0.717, 1.165) is 34.1 Å². The van der Waals surface area contributed by atoms with Gasteiger partial charge in [0.15, 0.2) is 0 Å². The molecule has 8 aromatic rings. The fourth-order valence-electron chi connectivity index (χ4n) is 9.35. The third-order valence-electron chi connectivity index (χ3n) is 11.5. The maximum atomic E-state index is 2.63. The first-order valence-electron chi connectivity index (χ1n) is 19.5. The first-order valence-corrected chi connectivity index (χ1v) is 21.2. The van der Waals surface area contributed by atoms with Crippen molar-refractivity contribution in [1.29, 1.82) is 0 Å². The van der Waals surface area contributed by atoms with Gasteiger partial charge in [-0.3, -0.25) is 0 Å². The minimum Gasteiger partial charge on any atom is -0.310 e. The number of hydrogen-bond acceptors (Lipinski definition) is 5. The molecule has 3 heterocycles. The Morgan fingerprint density at radius 1 is 0.386 bits per heavy atom. The first kappa shape index (κ1) is 34.2. The van der Waals surface area contributed by atoms with Gasteiger partial charge in [0.05, 0.1) is 17.1 Å². The van der Waals surface area contributed by atoms with Crippen molar-refractivity contribution in [1.82, 2.24) is 0 Å². The van der Waals surface area contributed by atoms with Crippen LogP contribution in [0.4, 0.5) is 51.2 Å². The monoisotopic (exact) mass is 767 g/mol. The van der Waals surface area contributed by atoms with Crippen LogP contribution in [0.15, 0.2) is 196 Å². The van der Waals surface area contributed by atoms with E-state index in [-0.39, 0.29) is 6.71 Å². The Balaban J connectivity index is 1.24. The van der Waals surface area contributed by atoms with Crippen molar-refractivity contribution >= 4 is 97.8 Å². The lowest BCUT2D eigenvalue weighted by Gasteiger charge is -2.46. The van der Waals surface area contributed by atoms with E-state index in [1.165, 1.54) is 69.7 Å². The molecule has 3 aliphatic heterocycles. The molecule has 0 saturated carbocycles. The Bertz CT molecular complexity index is 2580. The summed E-state index contributed by atoms with van der Waals surface area (Å²) in [6.45, 7) is 6.83. The van der Waals surface area contributed by atoms with Gasteiger partial charge in [-0.15, -0.1) is 0 Å². The molecular weight excluding hydrogens is 730 g/mol. The van der Waals surface area contributed by atoms with E-state index in [1.807, 2.05) is 23.5 Å². The van der Waals surface area contributed by atoms with Crippen LogP contribution in [0.2, 0.25) is 0 Å². The summed E-state index contributed by atoms with van der Waals surface area (Å²) >= 11 is 3.82. The van der Waals surface area contributed by atoms with E-state index in [2.05, 4.69) is 211 Å². The lowest BCUT2D eigenvalue weighted by molar-refractivity contribution is 1.09. The topological polar surface area (TPSA) is 9.72 Å². The summed E-state index contributed by atoms with van der Waals surface area (Å²) in [5.74, 6) is 0. The summed E-state index contributed by atoms with van der Waals surface area (Å²) in [6.07, 6.45) is 0. The zero-order valence-electron chi connectivity index (χ0n) is 32.0. The predicted molar refractivity (Wildman–Crippen MR) is 244 cm³/mol. The second kappa shape index (κ2) is 13.5. The average Bonchev–Trinajstić information content (AvgIpc) is 3.23. The Kier molecular flexibility index (Phi) is 8.13. The van der Waals surface area contributed by atoms with Crippen LogP contribution in [-0.4, -0.2) is 6.71 Å². The number of rotatable bonds is 7. The molecule has 0 bridgehead atoms. The van der Waals surface area contributed by atoms with Crippen molar-refractivity contribution in [3.63, 3.8) is 0 Å². The van der Waals surface area contributed by atoms with E-state index in [0.29, 0.717) is 0 Å². The molecule has 11 rings (SSSR count). The Morgan fingerprint density at radius 2 is 0.772 bits per heavy atom. The van der Waals surface area contributed by atoms with Crippen molar-refractivity contribution in [2.45, 2.75) is 40.4 Å². The number of para-hydroxylation sites is 5. The highest BCUT2D eigenvalue weighted by Gasteiger charge is 2.45. The fourth-order valence-corrected chi connectivity index (χ4v) is 11.7. The van der Waals surface area contributed by atoms with Crippen molar-refractivity contribution in [2.75, 3.05) is 14.7 Å². The average molecular weight is 768 g/mol. The Labute approximate surface area is 343 Å². The van der Waals surface area contributed by atoms with Crippen LogP contribution < -0.4 is 31.1 Å². The number of anilines is 9. The van der Waals surface area contributed by atoms with E-state index >= 15 is 0 Å². The number of hydrogen-bond donors (Lipinski definition) is 0. The van der Waals surface area contributed by atoms with Crippen LogP contribution in [0.3, 0.4) is 0 Å². The summed E-state index contributed by atoms with van der Waals surface area (Å²) < 4.78 is 0. The van der Waals surface area contributed by atoms with E-state index in [1.54, 1.807) is 0 Å². The maximum Gasteiger partial charge on any atom is 0.247 e. The molecule has 0 N–H and O–H groups in total. The first-order chi connectivity index (χ1) is 28.0. The molecular formula is C51H38BN3S2. The molecule has 0 amide bonds. The van der Waals surface area contributed by atoms with Gasteiger partial charge in [0.1, 0.15) is 0 Å². The second-order valence-electron chi connectivity index (χ2n) is 15.2. The van der Waals surface area contributed by atoms with Gasteiger partial charge in [-0.25, -0.2) is 0 Å². The highest BCUT2D eigenvalue weighted by Crippen LogP contribution is 2.61. The highest BCUT2D eigenvalue weighted by atomic mass is 32.2. The molecule has 272 valence electrons. The van der Waals surface area contributed by atoms with Gasteiger partial charge in [0.2, 0.25) is 6.71 Å². The summed E-state index contributed by atoms with van der Waals surface area (Å²) in [6, 6.07) is 64.7. The molecule has 8 aromatic carbocycles. The smallest absolute Gasteiger partial charge is 0.247 e. The molecule has 0 fully saturated rings. The lowest BCUT2D eigenvalue weighted by Crippen LogP contribution is -2.59. The molecule has 57 heavy (non-hydrogen) atoms. The van der Waals surface area contributed by atoms with Crippen molar-refractivity contribution < 1.29 is 0 Å². The molecule has 0 aromatic heterocycles. The van der Waals surface area contributed by atoms with Crippen molar-refractivity contribution in [3.05, 3.63) is 193 Å². The van der Waals surface area contributed by atoms with E-state index < -0.39 is 0 Å². The van der Waals surface area contributed by atoms with Gasteiger partial charge in [0.25, 0.3) is 0 Å². The number of aryl methyl sites for hydroxylation is 3. The summed E-state index contributed by atoms with van der Waals surface area (Å²) in [7, 11) is 0. The van der Waals surface area contributed by atoms with Gasteiger partial charge in [0, 0.05) is 53.7 Å². The molecule has 0 radical (unpaired) electrons. The number of nitrogens with zero attached hydrogens (tertiary/aromatic N) is 3. The summed E-state index contributed by atoms with van der Waals surface area (Å²) in [5.41, 5.74) is 18.7. The zero-order valence-corrected chi connectivity index (χ0v) is 33.6. The minimum absolute atomic E-state index is 0.0148. The fraction of sp³-hybridized carbons (Fsp3) is 0.0588. The molecule has 3 nitrogen and oxygen atoms in total. The third-order valence-corrected chi connectivity index (χ3v) is 13.6. The molecule has 0 aliphatic carbocycles. The number of benzene rings is 8. The Morgan fingerprint density at radius 3 is 1.16 bits per heavy atom. The third kappa shape index (κ3) is 5.54. The van der Waals surface area contributed by atoms with Gasteiger partial charge < -0.3 is 14.7 Å². The lowest BCUT2D eigenvalue weighted by atomic mass is 9.33. The molecule has 0 saturated heterocycles. The van der Waals surface area contributed by atoms with Crippen LogP contribution in [0, 0.1) is 20.8 Å². The maximum absolute atomic E-state index is 2.63. The highest BCUT2D eigenvalue weighted by molar-refractivity contribution is 8.00. The molecule has 6 heteroatoms. The van der Waals surface area contributed by atoms with Gasteiger partial charge >= 0.3 is 0 Å². The van der Waals surface area contributed by atoms with Crippen LogP contribution in [0.1, 0.15) is 16.7 Å². The quantitative estimate of drug-likeness (QED) is 0.149. The second-order valence-corrected chi connectivity index (χ2v) is 17.3. The molecule has 0 atom stereocenters. The van der Waals surface area contributed by atoms with Crippen LogP contribution in [-0.2, 0) is 0 Å². The standard InChI is InChI=1S/C51H38BN3S2/c1-33-27-34(2)48(35(3)28-33)52-42-29-40(53(36-17-8-4-9-18-36)37-19-10-5-11-20-37)31-46-49(42)55-50-43(52)30-41(32-47(50)57-45-26-16-25-44(56-46)51(45)55)54(38-21-12-6-13-22-38)39-23-14-7-15-24-39/h4-32H,1-3H3. The van der Waals surface area contributed by atoms with Crippen LogP contribution in [0.25, 0.3) is 0 Å². The predicted octanol–water partition coefficient (Wildman–Crippen LogP) is 12.8. The summed E-state index contributed by atoms with van der Waals surface area (Å²) in [4.78, 5) is 12.6. The van der Waals surface area contributed by atoms with E-state index in [9.17, 15) is 0 Å². The van der Waals surface area contributed by atoms with Gasteiger partial charge in [-0.1, -0.05) is 137 Å². The van der Waals surface area contributed by atoms with Gasteiger partial charge in [-0.2, -0.15) is 0 Å². The molecule has 0 spiro atoms. The van der Waals surface area contributed by atoms with Crippen molar-refractivity contribution in [2.24, 2.45) is 0 Å². The van der Waals surface area contributed by atoms with Gasteiger partial charge in [-0.05, 0) is 117 Å². The van der Waals surface area contributed by atoms with Crippen LogP contribution >= 0.6 is 23.5 Å². The van der Waals surface area contributed by atoms with E-state index in [4.69, 9.17) is 0 Å². The Hall–Kier alpha value is -6.08. The van der Waals surface area contributed by atoms with Crippen molar-refractivity contribution in [3.8, 4) is 0 Å². The normalized spacial score (nSPS) is 13.0. The largest absolute Gasteiger partial charge is 0.310 e. The molecule has 0 unspecified atom stereocenters.